The molecule has 16 heavy (non-hydrogen) atoms. The summed E-state index contributed by atoms with van der Waals surface area (Å²) in [5.74, 6) is 0.0306. The molecule has 3 nitrogen and oxygen atoms in total. The molecule has 0 bridgehead atoms. The number of hydrogen-bond donors (Lipinski definition) is 2. The first-order valence-electron chi connectivity index (χ1n) is 5.84. The summed E-state index contributed by atoms with van der Waals surface area (Å²) in [6.07, 6.45) is 2.26. The molecule has 1 heterocycles. The van der Waals surface area contributed by atoms with Crippen LogP contribution in [-0.4, -0.2) is 25.0 Å². The van der Waals surface area contributed by atoms with E-state index in [2.05, 4.69) is 10.6 Å². The molecule has 1 amide bonds. The lowest BCUT2D eigenvalue weighted by molar-refractivity contribution is 0.0951. The summed E-state index contributed by atoms with van der Waals surface area (Å²) in [4.78, 5) is 11.8. The molecule has 1 aromatic carbocycles. The van der Waals surface area contributed by atoms with Gasteiger partial charge in [0.2, 0.25) is 0 Å². The highest BCUT2D eigenvalue weighted by molar-refractivity contribution is 5.94. The van der Waals surface area contributed by atoms with Gasteiger partial charge >= 0.3 is 0 Å². The second-order valence-electron chi connectivity index (χ2n) is 4.35. The fourth-order valence-corrected chi connectivity index (χ4v) is 1.84. The molecule has 1 aliphatic rings. The number of amides is 1. The van der Waals surface area contributed by atoms with Crippen LogP contribution in [0, 0.1) is 6.92 Å². The van der Waals surface area contributed by atoms with Crippen LogP contribution in [0.5, 0.6) is 0 Å². The first kappa shape index (κ1) is 11.1. The number of nitrogens with one attached hydrogen (secondary N) is 2. The van der Waals surface area contributed by atoms with Gasteiger partial charge in [-0.25, -0.2) is 0 Å². The molecule has 0 saturated carbocycles. The minimum absolute atomic E-state index is 0.0306. The molecule has 2 N–H and O–H groups in total. The first-order chi connectivity index (χ1) is 7.75. The maximum absolute atomic E-state index is 11.8. The van der Waals surface area contributed by atoms with Crippen molar-refractivity contribution in [3.63, 3.8) is 0 Å². The summed E-state index contributed by atoms with van der Waals surface area (Å²) in [6, 6.07) is 8.28. The van der Waals surface area contributed by atoms with Crippen molar-refractivity contribution in [3.05, 3.63) is 35.4 Å². The zero-order chi connectivity index (χ0) is 11.4. The van der Waals surface area contributed by atoms with E-state index in [0.717, 1.165) is 30.6 Å². The summed E-state index contributed by atoms with van der Waals surface area (Å²) < 4.78 is 0. The van der Waals surface area contributed by atoms with Crippen LogP contribution < -0.4 is 10.6 Å². The van der Waals surface area contributed by atoms with E-state index in [-0.39, 0.29) is 5.91 Å². The zero-order valence-corrected chi connectivity index (χ0v) is 9.62. The van der Waals surface area contributed by atoms with Crippen LogP contribution in [0.2, 0.25) is 0 Å². The molecule has 86 valence electrons. The van der Waals surface area contributed by atoms with Crippen LogP contribution in [0.4, 0.5) is 0 Å². The van der Waals surface area contributed by atoms with Crippen LogP contribution in [0.15, 0.2) is 24.3 Å². The molecule has 0 aliphatic carbocycles. The van der Waals surface area contributed by atoms with Crippen molar-refractivity contribution in [1.29, 1.82) is 0 Å². The number of carbonyl (C=O) groups excluding carboxylic acids is 1. The molecule has 1 saturated heterocycles. The molecule has 1 unspecified atom stereocenters. The average molecular weight is 218 g/mol. The van der Waals surface area contributed by atoms with E-state index in [4.69, 9.17) is 0 Å². The van der Waals surface area contributed by atoms with Crippen molar-refractivity contribution in [1.82, 2.24) is 10.6 Å². The lowest BCUT2D eigenvalue weighted by Gasteiger charge is -2.27. The third-order valence-electron chi connectivity index (χ3n) is 2.98. The van der Waals surface area contributed by atoms with Crippen molar-refractivity contribution >= 4 is 5.91 Å². The minimum Gasteiger partial charge on any atom is -0.352 e. The smallest absolute Gasteiger partial charge is 0.251 e. The number of benzene rings is 1. The third kappa shape index (κ3) is 2.83. The maximum atomic E-state index is 11.8. The van der Waals surface area contributed by atoms with E-state index >= 15 is 0 Å². The Labute approximate surface area is 96.2 Å². The van der Waals surface area contributed by atoms with Gasteiger partial charge in [-0.15, -0.1) is 0 Å². The molecule has 1 atom stereocenters. The molecule has 0 spiro atoms. The molecule has 0 radical (unpaired) electrons. The Morgan fingerprint density at radius 1 is 1.56 bits per heavy atom. The van der Waals surface area contributed by atoms with Gasteiger partial charge in [0, 0.05) is 18.2 Å². The van der Waals surface area contributed by atoms with E-state index in [1.54, 1.807) is 0 Å². The van der Waals surface area contributed by atoms with E-state index in [9.17, 15) is 4.79 Å². The SMILES string of the molecule is Cc1cccc(C(=O)NCCC2CCN2)c1. The van der Waals surface area contributed by atoms with E-state index in [1.165, 1.54) is 6.42 Å². The summed E-state index contributed by atoms with van der Waals surface area (Å²) in [5, 5.41) is 6.26. The van der Waals surface area contributed by atoms with Gasteiger partial charge in [0.15, 0.2) is 0 Å². The van der Waals surface area contributed by atoms with Crippen molar-refractivity contribution in [3.8, 4) is 0 Å². The van der Waals surface area contributed by atoms with Gasteiger partial charge in [-0.2, -0.15) is 0 Å². The second-order valence-corrected chi connectivity index (χ2v) is 4.35. The van der Waals surface area contributed by atoms with Crippen LogP contribution in [0.1, 0.15) is 28.8 Å². The van der Waals surface area contributed by atoms with Crippen molar-refractivity contribution in [2.75, 3.05) is 13.1 Å². The van der Waals surface area contributed by atoms with Crippen molar-refractivity contribution in [2.45, 2.75) is 25.8 Å². The van der Waals surface area contributed by atoms with E-state index < -0.39 is 0 Å². The van der Waals surface area contributed by atoms with Gasteiger partial charge in [-0.3, -0.25) is 4.79 Å². The highest BCUT2D eigenvalue weighted by atomic mass is 16.1. The Morgan fingerprint density at radius 3 is 3.00 bits per heavy atom. The molecule has 1 aliphatic heterocycles. The van der Waals surface area contributed by atoms with Crippen molar-refractivity contribution < 1.29 is 4.79 Å². The largest absolute Gasteiger partial charge is 0.352 e. The summed E-state index contributed by atoms with van der Waals surface area (Å²) in [5.41, 5.74) is 1.87. The second kappa shape index (κ2) is 5.12. The van der Waals surface area contributed by atoms with Crippen LogP contribution in [-0.2, 0) is 0 Å². The highest BCUT2D eigenvalue weighted by Crippen LogP contribution is 2.06. The highest BCUT2D eigenvalue weighted by Gasteiger charge is 2.15. The lowest BCUT2D eigenvalue weighted by Crippen LogP contribution is -2.44. The minimum atomic E-state index is 0.0306. The molecular formula is C13H18N2O. The van der Waals surface area contributed by atoms with Crippen molar-refractivity contribution in [2.24, 2.45) is 0 Å². The monoisotopic (exact) mass is 218 g/mol. The number of aryl methyl sites for hydroxylation is 1. The zero-order valence-electron chi connectivity index (χ0n) is 9.62. The summed E-state index contributed by atoms with van der Waals surface area (Å²) in [6.45, 7) is 3.87. The van der Waals surface area contributed by atoms with Gasteiger partial charge in [-0.05, 0) is 38.4 Å². The molecule has 1 fully saturated rings. The number of carbonyl (C=O) groups is 1. The van der Waals surface area contributed by atoms with Gasteiger partial charge in [-0.1, -0.05) is 17.7 Å². The van der Waals surface area contributed by atoms with Crippen LogP contribution >= 0.6 is 0 Å². The van der Waals surface area contributed by atoms with Crippen LogP contribution in [0.25, 0.3) is 0 Å². The van der Waals surface area contributed by atoms with E-state index in [1.807, 2.05) is 31.2 Å². The van der Waals surface area contributed by atoms with Crippen LogP contribution in [0.3, 0.4) is 0 Å². The Kier molecular flexibility index (Phi) is 3.57. The molecule has 2 rings (SSSR count). The quantitative estimate of drug-likeness (QED) is 0.803. The summed E-state index contributed by atoms with van der Waals surface area (Å²) >= 11 is 0. The predicted molar refractivity (Wildman–Crippen MR) is 64.5 cm³/mol. The third-order valence-corrected chi connectivity index (χ3v) is 2.98. The number of hydrogen-bond acceptors (Lipinski definition) is 2. The Morgan fingerprint density at radius 2 is 2.38 bits per heavy atom. The standard InChI is InChI=1S/C13H18N2O/c1-10-3-2-4-11(9-10)13(16)15-8-6-12-5-7-14-12/h2-4,9,12,14H,5-8H2,1H3,(H,15,16). The van der Waals surface area contributed by atoms with Gasteiger partial charge in [0.05, 0.1) is 0 Å². The van der Waals surface area contributed by atoms with Gasteiger partial charge < -0.3 is 10.6 Å². The first-order valence-corrected chi connectivity index (χ1v) is 5.84. The molecule has 1 aromatic rings. The average Bonchev–Trinajstić information content (AvgIpc) is 2.21. The normalized spacial score (nSPS) is 18.9. The van der Waals surface area contributed by atoms with Gasteiger partial charge in [0.25, 0.3) is 5.91 Å². The maximum Gasteiger partial charge on any atom is 0.251 e. The molecule has 3 heteroatoms. The Bertz CT molecular complexity index is 372. The Balaban J connectivity index is 1.78. The van der Waals surface area contributed by atoms with Gasteiger partial charge in [0.1, 0.15) is 0 Å². The number of rotatable bonds is 4. The molecular weight excluding hydrogens is 200 g/mol. The summed E-state index contributed by atoms with van der Waals surface area (Å²) in [7, 11) is 0. The fourth-order valence-electron chi connectivity index (χ4n) is 1.84. The van der Waals surface area contributed by atoms with E-state index in [0.29, 0.717) is 6.04 Å². The predicted octanol–water partition coefficient (Wildman–Crippen LogP) is 1.48. The molecule has 0 aromatic heterocycles. The Hall–Kier alpha value is -1.35. The topological polar surface area (TPSA) is 41.1 Å². The fraction of sp³-hybridized carbons (Fsp3) is 0.462. The lowest BCUT2D eigenvalue weighted by atomic mass is 10.0.